The molecule has 0 aliphatic carbocycles. The van der Waals surface area contributed by atoms with E-state index in [0.29, 0.717) is 0 Å². The first-order valence-electron chi connectivity index (χ1n) is 50.0. The smallest absolute Gasteiger partial charge is 0.155 e. The first-order chi connectivity index (χ1) is 69.8. The fourth-order valence-corrected chi connectivity index (χ4v) is 48.9. The summed E-state index contributed by atoms with van der Waals surface area (Å²) in [5.74, 6) is -0.125. The Balaban J connectivity index is 0.000000126. The van der Waals surface area contributed by atoms with E-state index in [4.69, 9.17) is 48.8 Å². The molecule has 0 bridgehead atoms. The third kappa shape index (κ3) is 16.9. The SMILES string of the molecule is CC(=O)C=C(C)O.CC(=O)C=C(C)O.CC1(C)c2[c-]c(-c3ccc4ccccc4n3)cc3c2P(=S)(c2cc4ccccc4cc21)c1cc2ccccc2cc1C3(C)C.CC1(C)c2[c-]c(-c3ccc4ccccc4n3)cc3c2P(=S)(c2cc4ccccc4cc21)c1cc2ccccc2cc1C3(C)C.C[Si]1(C)c2[c-]c(-c3ccc4ccccc4n3)cc3c2P(=O)(c2cc4ccccc4cc21)c1cc2ccccc2cc1[Si]3(C)C.[Ir].[Ir].[Ir]. The monoisotopic (exact) mass is 2600 g/mol. The Morgan fingerprint density at radius 1 is 0.289 bits per heavy atom. The summed E-state index contributed by atoms with van der Waals surface area (Å²) in [6.07, 6.45) is 2.33. The minimum atomic E-state index is -3.22. The van der Waals surface area contributed by atoms with E-state index >= 15 is 4.57 Å². The summed E-state index contributed by atoms with van der Waals surface area (Å²) >= 11 is 14.4. The molecule has 149 heavy (non-hydrogen) atoms. The largest absolute Gasteiger partial charge is 0.512 e. The molecule has 3 aromatic heterocycles. The zero-order valence-corrected chi connectivity index (χ0v) is 99.2. The number of aromatic nitrogens is 3. The number of carbonyl (C=O) groups is 2. The number of aliphatic hydroxyl groups is 2. The number of aliphatic hydroxyl groups excluding tert-OH is 2. The van der Waals surface area contributed by atoms with Crippen LogP contribution in [0.2, 0.25) is 26.2 Å². The van der Waals surface area contributed by atoms with Gasteiger partial charge in [-0.2, -0.15) is 0 Å². The molecule has 3 radical (unpaired) electrons. The second kappa shape index (κ2) is 38.5. The number of hydrogen-bond acceptors (Lipinski definition) is 10. The molecule has 27 rings (SSSR count). The van der Waals surface area contributed by atoms with Gasteiger partial charge >= 0.3 is 0 Å². The number of para-hydroxylation sites is 3. The number of rotatable bonds is 5. The van der Waals surface area contributed by atoms with Crippen LogP contribution in [0.25, 0.3) is 131 Å². The van der Waals surface area contributed by atoms with Crippen LogP contribution >= 0.6 is 19.2 Å². The maximum atomic E-state index is 16.4. The van der Waals surface area contributed by atoms with Gasteiger partial charge in [0.25, 0.3) is 0 Å². The quantitative estimate of drug-likeness (QED) is 0.0565. The summed E-state index contributed by atoms with van der Waals surface area (Å²) in [5.41, 5.74) is 18.3. The van der Waals surface area contributed by atoms with Gasteiger partial charge in [-0.1, -0.05) is 370 Å². The Bertz CT molecular complexity index is 8340. The minimum absolute atomic E-state index is 0. The standard InChI is InChI=1S/2C41H31NPS.C39H31NOPSi2.2C5H8O2.3Ir/c2*1-40(2)31-19-26-12-5-7-14-28(26)23-37(31)43(44)38-24-29-15-8-6-13-27(29)20-32(38)41(3,4)34-22-30(21-33(40)39(34)43)36-18-17-25-11-9-10-16-35(25)42-36;1-43(2)35-21-28-14-7-5-12-26(28)19-33(35)42(41)34-20-27-13-6-8-15-29(27)22-36(34)44(3,4)38-24-30(23-37(43)39(38)42)32-18-17-25-11-9-10-16-31(25)40-32;2*1-4(6)3-5(2)7;;;/h2*5-21,23-24H,1-4H3;5-23H,1-4H3;2*3,6H,1-2H3;;;/q3*-1;;;;;. The number of ketones is 2. The van der Waals surface area contributed by atoms with Crippen LogP contribution in [0.5, 0.6) is 0 Å². The Kier molecular flexibility index (Phi) is 26.9. The summed E-state index contributed by atoms with van der Waals surface area (Å²) in [7, 11) is -7.86. The average Bonchev–Trinajstić information content (AvgIpc) is 0.672. The number of nitrogens with zero attached hydrogens (tertiary/aromatic N) is 3. The van der Waals surface area contributed by atoms with Crippen molar-refractivity contribution in [3.8, 4) is 33.8 Å². The molecule has 3 atom stereocenters. The van der Waals surface area contributed by atoms with Crippen LogP contribution in [0.4, 0.5) is 0 Å². The Hall–Kier alpha value is -11.9. The van der Waals surface area contributed by atoms with Crippen molar-refractivity contribution < 1.29 is 84.7 Å². The van der Waals surface area contributed by atoms with E-state index in [-0.39, 0.29) is 105 Å². The molecule has 0 saturated carbocycles. The van der Waals surface area contributed by atoms with Crippen LogP contribution in [-0.2, 0) is 120 Å². The Labute approximate surface area is 924 Å². The van der Waals surface area contributed by atoms with Gasteiger partial charge < -0.3 is 14.8 Å². The van der Waals surface area contributed by atoms with Gasteiger partial charge in [0.05, 0.1) is 44.2 Å². The van der Waals surface area contributed by atoms with Crippen molar-refractivity contribution in [1.29, 1.82) is 0 Å². The van der Waals surface area contributed by atoms with Crippen molar-refractivity contribution in [3.63, 3.8) is 0 Å². The van der Waals surface area contributed by atoms with Gasteiger partial charge in [-0.05, 0) is 280 Å². The molecule has 21 aromatic rings. The molecule has 6 aliphatic heterocycles. The van der Waals surface area contributed by atoms with E-state index in [1.54, 1.807) is 0 Å². The molecule has 743 valence electrons. The van der Waals surface area contributed by atoms with E-state index in [1.807, 2.05) is 6.07 Å². The predicted octanol–water partition coefficient (Wildman–Crippen LogP) is 26.1. The molecule has 0 amide bonds. The summed E-state index contributed by atoms with van der Waals surface area (Å²) in [5, 5.41) is 51.2. The predicted molar refractivity (Wildman–Crippen MR) is 631 cm³/mol. The molecule has 2 N–H and O–H groups in total. The van der Waals surface area contributed by atoms with Crippen LogP contribution in [0.15, 0.2) is 369 Å². The van der Waals surface area contributed by atoms with Crippen molar-refractivity contribution in [2.45, 2.75) is 131 Å². The average molecular weight is 2600 g/mol. The number of carbonyl (C=O) groups excluding carboxylic acids is 2. The fourth-order valence-electron chi connectivity index (χ4n) is 24.0. The van der Waals surface area contributed by atoms with Crippen molar-refractivity contribution in [3.05, 3.63) is 432 Å². The van der Waals surface area contributed by atoms with Gasteiger partial charge in [0.15, 0.2) is 11.6 Å². The molecular formula is C131H109Ir3N3O5P3S2Si2-3. The summed E-state index contributed by atoms with van der Waals surface area (Å²) < 4.78 is 16.4. The maximum absolute atomic E-state index is 16.4. The van der Waals surface area contributed by atoms with Gasteiger partial charge in [0, 0.05) is 95.2 Å². The Morgan fingerprint density at radius 2 is 0.537 bits per heavy atom. The van der Waals surface area contributed by atoms with Crippen LogP contribution in [0, 0.1) is 18.2 Å². The van der Waals surface area contributed by atoms with Crippen LogP contribution in [0.1, 0.15) is 128 Å². The molecule has 6 aliphatic rings. The van der Waals surface area contributed by atoms with Gasteiger partial charge in [-0.3, -0.25) is 24.5 Å². The minimum Gasteiger partial charge on any atom is -0.512 e. The summed E-state index contributed by atoms with van der Waals surface area (Å²) in [6.45, 7) is 34.5. The van der Waals surface area contributed by atoms with Gasteiger partial charge in [-0.15, -0.1) is 85.7 Å². The number of fused-ring (bicyclic) bond motifs is 21. The molecule has 8 nitrogen and oxygen atoms in total. The molecule has 9 heterocycles. The first-order valence-corrected chi connectivity index (χ1v) is 63.3. The van der Waals surface area contributed by atoms with E-state index in [2.05, 4.69) is 439 Å². The van der Waals surface area contributed by atoms with Crippen molar-refractivity contribution in [1.82, 2.24) is 15.0 Å². The van der Waals surface area contributed by atoms with Gasteiger partial charge in [0.2, 0.25) is 0 Å². The third-order valence-corrected chi connectivity index (χ3v) is 52.4. The molecule has 0 spiro atoms. The zero-order valence-electron chi connectivity index (χ0n) is 85.7. The molecule has 0 saturated heterocycles. The zero-order chi connectivity index (χ0) is 102. The van der Waals surface area contributed by atoms with Crippen LogP contribution in [-0.4, -0.2) is 52.9 Å². The maximum Gasteiger partial charge on any atom is 0.155 e. The molecule has 18 heteroatoms. The van der Waals surface area contributed by atoms with Crippen molar-refractivity contribution in [2.75, 3.05) is 0 Å². The first kappa shape index (κ1) is 104. The third-order valence-electron chi connectivity index (χ3n) is 31.7. The van der Waals surface area contributed by atoms with Crippen LogP contribution < -0.4 is 68.5 Å². The topological polar surface area (TPSA) is 130 Å². The van der Waals surface area contributed by atoms with E-state index in [0.717, 1.165) is 93.2 Å². The van der Waals surface area contributed by atoms with E-state index in [1.165, 1.54) is 191 Å². The second-order valence-corrected chi connectivity index (χ2v) is 63.1. The fraction of sp³-hybridized carbons (Fsp3) is 0.153. The normalized spacial score (nSPS) is 17.9. The molecule has 0 fully saturated rings. The van der Waals surface area contributed by atoms with Crippen molar-refractivity contribution >= 4 is 236 Å². The van der Waals surface area contributed by atoms with Crippen molar-refractivity contribution in [2.24, 2.45) is 0 Å². The van der Waals surface area contributed by atoms with Gasteiger partial charge in [-0.25, -0.2) is 0 Å². The van der Waals surface area contributed by atoms with Gasteiger partial charge in [0.1, 0.15) is 7.14 Å². The summed E-state index contributed by atoms with van der Waals surface area (Å²) in [4.78, 5) is 35.4. The Morgan fingerprint density at radius 3 is 0.819 bits per heavy atom. The second-order valence-electron chi connectivity index (χ2n) is 43.3. The molecule has 3 unspecified atom stereocenters. The summed E-state index contributed by atoms with van der Waals surface area (Å²) in [6, 6.07) is 133. The van der Waals surface area contributed by atoms with Crippen LogP contribution in [0.3, 0.4) is 0 Å². The molecule has 18 aromatic carbocycles. The number of benzene rings is 18. The van der Waals surface area contributed by atoms with E-state index < -0.39 is 35.4 Å². The molecular weight excluding hydrogens is 2490 g/mol. The number of pyridine rings is 3. The number of allylic oxidation sites excluding steroid dienone is 4. The number of hydrogen-bond donors (Lipinski definition) is 2. The van der Waals surface area contributed by atoms with E-state index in [9.17, 15) is 9.59 Å².